The van der Waals surface area contributed by atoms with E-state index in [2.05, 4.69) is 28.4 Å². The Hall–Kier alpha value is -3.13. The Bertz CT molecular complexity index is 1420. The summed E-state index contributed by atoms with van der Waals surface area (Å²) < 4.78 is 3.92. The number of para-hydroxylation sites is 2. The van der Waals surface area contributed by atoms with E-state index in [0.29, 0.717) is 18.1 Å². The summed E-state index contributed by atoms with van der Waals surface area (Å²) in [5, 5.41) is 5.03. The monoisotopic (exact) mass is 547 g/mol. The van der Waals surface area contributed by atoms with Crippen LogP contribution in [0.1, 0.15) is 48.9 Å². The van der Waals surface area contributed by atoms with Gasteiger partial charge >= 0.3 is 5.69 Å². The number of nitrogens with zero attached hydrogens (tertiary/aromatic N) is 3. The molecule has 3 aromatic carbocycles. The highest BCUT2D eigenvalue weighted by Crippen LogP contribution is 2.28. The average molecular weight is 548 g/mol. The van der Waals surface area contributed by atoms with Crippen LogP contribution in [0.25, 0.3) is 11.0 Å². The molecule has 0 radical (unpaired) electrons. The van der Waals surface area contributed by atoms with E-state index in [1.807, 2.05) is 69.8 Å². The number of nitrogens with one attached hydrogen (secondary N) is 1. The van der Waals surface area contributed by atoms with Crippen LogP contribution < -0.4 is 16.7 Å². The number of aromatic nitrogens is 2. The maximum atomic E-state index is 13.5. The molecule has 4 aromatic rings. The molecule has 0 aliphatic carbocycles. The van der Waals surface area contributed by atoms with Gasteiger partial charge in [0.25, 0.3) is 0 Å². The quantitative estimate of drug-likeness (QED) is 0.225. The van der Waals surface area contributed by atoms with Crippen molar-refractivity contribution in [1.82, 2.24) is 19.4 Å². The molecule has 5 rings (SSSR count). The van der Waals surface area contributed by atoms with Gasteiger partial charge in [-0.2, -0.15) is 0 Å². The van der Waals surface area contributed by atoms with E-state index in [0.717, 1.165) is 66.0 Å². The van der Waals surface area contributed by atoms with Crippen molar-refractivity contribution < 1.29 is 0 Å². The van der Waals surface area contributed by atoms with Gasteiger partial charge in [-0.1, -0.05) is 66.2 Å². The molecule has 0 saturated carbocycles. The van der Waals surface area contributed by atoms with Crippen molar-refractivity contribution in [3.05, 3.63) is 105 Å². The van der Waals surface area contributed by atoms with Gasteiger partial charge in [0.15, 0.2) is 5.11 Å². The summed E-state index contributed by atoms with van der Waals surface area (Å²) in [5.74, 6) is 0. The van der Waals surface area contributed by atoms with Crippen LogP contribution in [0.3, 0.4) is 0 Å². The molecule has 1 atom stereocenters. The maximum Gasteiger partial charge on any atom is 0.329 e. The third-order valence-electron chi connectivity index (χ3n) is 7.43. The number of fused-ring (bicyclic) bond motifs is 1. The molecule has 6 nitrogen and oxygen atoms in total. The molecular weight excluding hydrogens is 514 g/mol. The smallest absolute Gasteiger partial charge is 0.329 e. The summed E-state index contributed by atoms with van der Waals surface area (Å²) in [5.41, 5.74) is 10.0. The number of benzene rings is 3. The molecule has 3 N–H and O–H groups in total. The highest BCUT2D eigenvalue weighted by Gasteiger charge is 2.27. The number of nitrogens with two attached hydrogens (primary N) is 1. The van der Waals surface area contributed by atoms with Gasteiger partial charge in [0.2, 0.25) is 0 Å². The van der Waals surface area contributed by atoms with Gasteiger partial charge in [-0.15, -0.1) is 0 Å². The number of halogens is 1. The molecule has 8 heteroatoms. The third-order valence-corrected chi connectivity index (χ3v) is 8.05. The number of piperidine rings is 1. The van der Waals surface area contributed by atoms with Gasteiger partial charge < -0.3 is 16.0 Å². The van der Waals surface area contributed by atoms with Crippen LogP contribution in [-0.2, 0) is 6.54 Å². The van der Waals surface area contributed by atoms with Crippen LogP contribution in [0.4, 0.5) is 0 Å². The van der Waals surface area contributed by atoms with E-state index < -0.39 is 0 Å². The first-order valence-electron chi connectivity index (χ1n) is 13.3. The third kappa shape index (κ3) is 5.65. The predicted octanol–water partition coefficient (Wildman–Crippen LogP) is 5.50. The number of hydrogen-bond acceptors (Lipinski definition) is 3. The van der Waals surface area contributed by atoms with E-state index in [-0.39, 0.29) is 17.8 Å². The lowest BCUT2D eigenvalue weighted by Gasteiger charge is -2.35. The Kier molecular flexibility index (Phi) is 8.47. The van der Waals surface area contributed by atoms with E-state index in [4.69, 9.17) is 29.6 Å². The zero-order valence-corrected chi connectivity index (χ0v) is 23.0. The van der Waals surface area contributed by atoms with Gasteiger partial charge in [-0.25, -0.2) is 4.79 Å². The lowest BCUT2D eigenvalue weighted by Crippen LogP contribution is -2.46. The molecule has 1 aliphatic heterocycles. The molecule has 1 fully saturated rings. The van der Waals surface area contributed by atoms with Crippen molar-refractivity contribution in [2.24, 2.45) is 5.73 Å². The van der Waals surface area contributed by atoms with E-state index >= 15 is 0 Å². The molecule has 0 bridgehead atoms. The summed E-state index contributed by atoms with van der Waals surface area (Å²) in [6, 6.07) is 26.4. The van der Waals surface area contributed by atoms with Crippen molar-refractivity contribution in [2.45, 2.75) is 44.3 Å². The lowest BCUT2D eigenvalue weighted by atomic mass is 9.99. The van der Waals surface area contributed by atoms with Gasteiger partial charge in [0.05, 0.1) is 17.1 Å². The fourth-order valence-corrected chi connectivity index (χ4v) is 5.84. The zero-order valence-electron chi connectivity index (χ0n) is 21.4. The Labute approximate surface area is 234 Å². The van der Waals surface area contributed by atoms with Crippen LogP contribution in [0, 0.1) is 0 Å². The number of thiocarbonyl (C=S) groups is 1. The minimum absolute atomic E-state index is 0.0761. The van der Waals surface area contributed by atoms with E-state index in [1.165, 1.54) is 0 Å². The van der Waals surface area contributed by atoms with E-state index in [9.17, 15) is 4.79 Å². The van der Waals surface area contributed by atoms with E-state index in [1.54, 1.807) is 0 Å². The highest BCUT2D eigenvalue weighted by atomic mass is 35.5. The van der Waals surface area contributed by atoms with Crippen molar-refractivity contribution in [1.29, 1.82) is 0 Å². The molecule has 0 amide bonds. The van der Waals surface area contributed by atoms with Crippen molar-refractivity contribution in [2.75, 3.05) is 19.6 Å². The molecule has 198 valence electrons. The first-order valence-corrected chi connectivity index (χ1v) is 14.1. The Balaban J connectivity index is 1.31. The summed E-state index contributed by atoms with van der Waals surface area (Å²) in [7, 11) is 0. The number of hydrogen-bond donors (Lipinski definition) is 2. The Morgan fingerprint density at radius 2 is 1.55 bits per heavy atom. The number of rotatable bonds is 8. The minimum Gasteiger partial charge on any atom is -0.352 e. The van der Waals surface area contributed by atoms with Gasteiger partial charge in [-0.05, 0) is 79.8 Å². The Morgan fingerprint density at radius 3 is 2.24 bits per heavy atom. The van der Waals surface area contributed by atoms with Crippen LogP contribution in [0.2, 0.25) is 5.02 Å². The summed E-state index contributed by atoms with van der Waals surface area (Å²) in [4.78, 5) is 15.7. The SMILES string of the molecule is NCCCCn1c(=O)n(C2CCN(C(=S)NC(c3ccccc3)c3ccc(Cl)cc3)CC2)c2ccccc21. The van der Waals surface area contributed by atoms with Crippen LogP contribution in [0.5, 0.6) is 0 Å². The molecule has 1 aliphatic rings. The minimum atomic E-state index is -0.0761. The molecule has 1 aromatic heterocycles. The largest absolute Gasteiger partial charge is 0.352 e. The molecule has 2 heterocycles. The van der Waals surface area contributed by atoms with Crippen LogP contribution >= 0.6 is 23.8 Å². The number of unbranched alkanes of at least 4 members (excludes halogenated alkanes) is 1. The van der Waals surface area contributed by atoms with Gasteiger partial charge in [0, 0.05) is 30.7 Å². The maximum absolute atomic E-state index is 13.5. The second-order valence-corrected chi connectivity index (χ2v) is 10.7. The molecular formula is C30H34ClN5OS. The average Bonchev–Trinajstić information content (AvgIpc) is 3.24. The lowest BCUT2D eigenvalue weighted by molar-refractivity contribution is 0.262. The second kappa shape index (κ2) is 12.2. The zero-order chi connectivity index (χ0) is 26.5. The van der Waals surface area contributed by atoms with Crippen molar-refractivity contribution >= 4 is 40.0 Å². The molecule has 1 unspecified atom stereocenters. The second-order valence-electron chi connectivity index (χ2n) is 9.85. The fourth-order valence-electron chi connectivity index (χ4n) is 5.42. The van der Waals surface area contributed by atoms with Crippen molar-refractivity contribution in [3.63, 3.8) is 0 Å². The first kappa shape index (κ1) is 26.5. The van der Waals surface area contributed by atoms with Crippen molar-refractivity contribution in [3.8, 4) is 0 Å². The van der Waals surface area contributed by atoms with Gasteiger partial charge in [0.1, 0.15) is 0 Å². The fraction of sp³-hybridized carbons (Fsp3) is 0.333. The first-order chi connectivity index (χ1) is 18.6. The number of likely N-dealkylation sites (tertiary alicyclic amines) is 1. The molecule has 1 saturated heterocycles. The topological polar surface area (TPSA) is 68.2 Å². The predicted molar refractivity (Wildman–Crippen MR) is 160 cm³/mol. The molecule has 38 heavy (non-hydrogen) atoms. The number of imidazole rings is 1. The summed E-state index contributed by atoms with van der Waals surface area (Å²) >= 11 is 12.1. The normalized spacial score (nSPS) is 15.1. The molecule has 0 spiro atoms. The Morgan fingerprint density at radius 1 is 0.921 bits per heavy atom. The standard InChI is InChI=1S/C30H34ClN5OS/c31-24-14-12-23(13-15-24)28(22-8-2-1-3-9-22)33-29(38)34-20-16-25(17-21-34)36-27-11-5-4-10-26(27)35(30(36)37)19-7-6-18-32/h1-5,8-15,25,28H,6-7,16-21,32H2,(H,33,38). The highest BCUT2D eigenvalue weighted by molar-refractivity contribution is 7.80. The summed E-state index contributed by atoms with van der Waals surface area (Å²) in [6.45, 7) is 2.92. The number of aryl methyl sites for hydroxylation is 1. The van der Waals surface area contributed by atoms with Crippen LogP contribution in [0.15, 0.2) is 83.7 Å². The van der Waals surface area contributed by atoms with Gasteiger partial charge in [-0.3, -0.25) is 9.13 Å². The summed E-state index contributed by atoms with van der Waals surface area (Å²) in [6.07, 6.45) is 3.53. The van der Waals surface area contributed by atoms with Crippen LogP contribution in [-0.4, -0.2) is 38.8 Å².